The van der Waals surface area contributed by atoms with Crippen molar-refractivity contribution in [1.29, 1.82) is 0 Å². The number of esters is 1. The van der Waals surface area contributed by atoms with Crippen molar-refractivity contribution < 1.29 is 14.6 Å². The molecule has 0 heterocycles. The lowest BCUT2D eigenvalue weighted by Gasteiger charge is -2.28. The maximum Gasteiger partial charge on any atom is 0.305 e. The van der Waals surface area contributed by atoms with Crippen molar-refractivity contribution in [3.05, 3.63) is 0 Å². The highest BCUT2D eigenvalue weighted by molar-refractivity contribution is 5.69. The second-order valence-electron chi connectivity index (χ2n) is 4.32. The Kier molecular flexibility index (Phi) is 6.42. The summed E-state index contributed by atoms with van der Waals surface area (Å²) in [5.74, 6) is -0.131. The summed E-state index contributed by atoms with van der Waals surface area (Å²) in [6, 6.07) is 0.218. The van der Waals surface area contributed by atoms with Gasteiger partial charge >= 0.3 is 5.97 Å². The maximum absolute atomic E-state index is 11.1. The first-order valence-corrected chi connectivity index (χ1v) is 6.31. The van der Waals surface area contributed by atoms with Gasteiger partial charge in [0, 0.05) is 12.5 Å². The number of rotatable bonds is 6. The van der Waals surface area contributed by atoms with Gasteiger partial charge in [0.25, 0.3) is 0 Å². The molecular formula is C12H23NO3. The molecule has 1 aliphatic carbocycles. The van der Waals surface area contributed by atoms with Crippen molar-refractivity contribution in [2.45, 2.75) is 57.6 Å². The summed E-state index contributed by atoms with van der Waals surface area (Å²) in [7, 11) is 0. The van der Waals surface area contributed by atoms with Crippen LogP contribution in [0, 0.1) is 0 Å². The quantitative estimate of drug-likeness (QED) is 0.531. The standard InChI is InChI=1S/C12H23NO3/c1-2-16-12(15)8-5-9-13-10-6-3-4-7-11(10)14/h10-11,13-14H,2-9H2,1H3/t10-,11-/m0/s1. The molecule has 1 saturated carbocycles. The zero-order chi connectivity index (χ0) is 11.8. The third kappa shape index (κ3) is 4.94. The highest BCUT2D eigenvalue weighted by atomic mass is 16.5. The van der Waals surface area contributed by atoms with Crippen LogP contribution in [0.5, 0.6) is 0 Å². The molecule has 0 spiro atoms. The van der Waals surface area contributed by atoms with Gasteiger partial charge in [-0.3, -0.25) is 4.79 Å². The summed E-state index contributed by atoms with van der Waals surface area (Å²) in [5.41, 5.74) is 0. The van der Waals surface area contributed by atoms with Crippen LogP contribution in [-0.4, -0.2) is 36.4 Å². The van der Waals surface area contributed by atoms with E-state index in [0.29, 0.717) is 13.0 Å². The maximum atomic E-state index is 11.1. The van der Waals surface area contributed by atoms with Crippen molar-refractivity contribution in [3.63, 3.8) is 0 Å². The molecular weight excluding hydrogens is 206 g/mol. The fraction of sp³-hybridized carbons (Fsp3) is 0.917. The van der Waals surface area contributed by atoms with E-state index in [9.17, 15) is 9.90 Å². The highest BCUT2D eigenvalue weighted by Crippen LogP contribution is 2.18. The van der Waals surface area contributed by atoms with E-state index in [1.54, 1.807) is 0 Å². The molecule has 4 nitrogen and oxygen atoms in total. The average Bonchev–Trinajstić information content (AvgIpc) is 2.27. The number of aliphatic hydroxyl groups is 1. The fourth-order valence-electron chi connectivity index (χ4n) is 2.10. The topological polar surface area (TPSA) is 58.6 Å². The first kappa shape index (κ1) is 13.5. The largest absolute Gasteiger partial charge is 0.466 e. The van der Waals surface area contributed by atoms with Crippen molar-refractivity contribution >= 4 is 5.97 Å². The molecule has 0 amide bonds. The van der Waals surface area contributed by atoms with Crippen molar-refractivity contribution in [2.75, 3.05) is 13.2 Å². The summed E-state index contributed by atoms with van der Waals surface area (Å²) >= 11 is 0. The number of ether oxygens (including phenoxy) is 1. The number of carbonyl (C=O) groups excluding carboxylic acids is 1. The lowest BCUT2D eigenvalue weighted by molar-refractivity contribution is -0.143. The molecule has 94 valence electrons. The molecule has 0 aliphatic heterocycles. The minimum Gasteiger partial charge on any atom is -0.466 e. The molecule has 1 rings (SSSR count). The van der Waals surface area contributed by atoms with Crippen LogP contribution < -0.4 is 5.32 Å². The molecule has 0 bridgehead atoms. The summed E-state index contributed by atoms with van der Waals surface area (Å²) < 4.78 is 4.84. The fourth-order valence-corrected chi connectivity index (χ4v) is 2.10. The van der Waals surface area contributed by atoms with E-state index in [2.05, 4.69) is 5.32 Å². The van der Waals surface area contributed by atoms with Gasteiger partial charge in [0.1, 0.15) is 0 Å². The second kappa shape index (κ2) is 7.63. The van der Waals surface area contributed by atoms with Crippen LogP contribution >= 0.6 is 0 Å². The first-order chi connectivity index (χ1) is 7.74. The van der Waals surface area contributed by atoms with Gasteiger partial charge in [-0.1, -0.05) is 12.8 Å². The summed E-state index contributed by atoms with van der Waals surface area (Å²) in [6.45, 7) is 3.04. The molecule has 2 N–H and O–H groups in total. The SMILES string of the molecule is CCOC(=O)CCCN[C@H]1CCCC[C@@H]1O. The average molecular weight is 229 g/mol. The summed E-state index contributed by atoms with van der Waals surface area (Å²) in [6.07, 6.45) is 5.28. The lowest BCUT2D eigenvalue weighted by atomic mass is 9.92. The number of aliphatic hydroxyl groups excluding tert-OH is 1. The second-order valence-corrected chi connectivity index (χ2v) is 4.32. The Morgan fingerprint density at radius 3 is 2.88 bits per heavy atom. The smallest absolute Gasteiger partial charge is 0.305 e. The Balaban J connectivity index is 2.03. The normalized spacial score (nSPS) is 25.4. The van der Waals surface area contributed by atoms with E-state index in [1.807, 2.05) is 6.92 Å². The van der Waals surface area contributed by atoms with E-state index in [4.69, 9.17) is 4.74 Å². The first-order valence-electron chi connectivity index (χ1n) is 6.31. The van der Waals surface area contributed by atoms with Crippen LogP contribution in [0.3, 0.4) is 0 Å². The molecule has 0 aromatic rings. The molecule has 0 unspecified atom stereocenters. The highest BCUT2D eigenvalue weighted by Gasteiger charge is 2.21. The van der Waals surface area contributed by atoms with Gasteiger partial charge < -0.3 is 15.2 Å². The summed E-state index contributed by atoms with van der Waals surface area (Å²) in [4.78, 5) is 11.1. The number of carbonyl (C=O) groups is 1. The Labute approximate surface area is 97.4 Å². The number of nitrogens with one attached hydrogen (secondary N) is 1. The van der Waals surface area contributed by atoms with Gasteiger partial charge in [-0.2, -0.15) is 0 Å². The van der Waals surface area contributed by atoms with E-state index in [0.717, 1.165) is 32.2 Å². The minimum atomic E-state index is -0.212. The number of hydrogen-bond donors (Lipinski definition) is 2. The van der Waals surface area contributed by atoms with Gasteiger partial charge in [0.2, 0.25) is 0 Å². The Hall–Kier alpha value is -0.610. The lowest BCUT2D eigenvalue weighted by Crippen LogP contribution is -2.42. The molecule has 1 fully saturated rings. The van der Waals surface area contributed by atoms with Crippen molar-refractivity contribution in [2.24, 2.45) is 0 Å². The molecule has 2 atom stereocenters. The monoisotopic (exact) mass is 229 g/mol. The molecule has 16 heavy (non-hydrogen) atoms. The zero-order valence-corrected chi connectivity index (χ0v) is 10.1. The summed E-state index contributed by atoms with van der Waals surface area (Å²) in [5, 5.41) is 13.0. The Bertz CT molecular complexity index is 208. The molecule has 1 aliphatic rings. The molecule has 0 saturated heterocycles. The zero-order valence-electron chi connectivity index (χ0n) is 10.1. The van der Waals surface area contributed by atoms with E-state index >= 15 is 0 Å². The van der Waals surface area contributed by atoms with Crippen molar-refractivity contribution in [1.82, 2.24) is 5.32 Å². The minimum absolute atomic E-state index is 0.131. The van der Waals surface area contributed by atoms with Crippen LogP contribution in [0.4, 0.5) is 0 Å². The Morgan fingerprint density at radius 2 is 2.19 bits per heavy atom. The van der Waals surface area contributed by atoms with Gasteiger partial charge in [0.15, 0.2) is 0 Å². The molecule has 0 radical (unpaired) electrons. The predicted molar refractivity (Wildman–Crippen MR) is 62.1 cm³/mol. The Morgan fingerprint density at radius 1 is 1.44 bits per heavy atom. The third-order valence-electron chi connectivity index (χ3n) is 3.00. The van der Waals surface area contributed by atoms with Crippen molar-refractivity contribution in [3.8, 4) is 0 Å². The molecule has 0 aromatic carbocycles. The molecule has 4 heteroatoms. The van der Waals surface area contributed by atoms with Crippen LogP contribution in [-0.2, 0) is 9.53 Å². The van der Waals surface area contributed by atoms with Crippen LogP contribution in [0.1, 0.15) is 45.4 Å². The van der Waals surface area contributed by atoms with Gasteiger partial charge in [-0.25, -0.2) is 0 Å². The molecule has 0 aromatic heterocycles. The predicted octanol–water partition coefficient (Wildman–Crippen LogP) is 1.22. The van der Waals surface area contributed by atoms with Gasteiger partial charge in [-0.05, 0) is 32.7 Å². The van der Waals surface area contributed by atoms with Crippen LogP contribution in [0.2, 0.25) is 0 Å². The number of hydrogen-bond acceptors (Lipinski definition) is 4. The third-order valence-corrected chi connectivity index (χ3v) is 3.00. The van der Waals surface area contributed by atoms with E-state index in [-0.39, 0.29) is 18.1 Å². The van der Waals surface area contributed by atoms with E-state index in [1.165, 1.54) is 6.42 Å². The van der Waals surface area contributed by atoms with Crippen LogP contribution in [0.15, 0.2) is 0 Å². The van der Waals surface area contributed by atoms with Gasteiger partial charge in [-0.15, -0.1) is 0 Å². The van der Waals surface area contributed by atoms with E-state index < -0.39 is 0 Å². The van der Waals surface area contributed by atoms with Crippen LogP contribution in [0.25, 0.3) is 0 Å². The van der Waals surface area contributed by atoms with Gasteiger partial charge in [0.05, 0.1) is 12.7 Å².